The van der Waals surface area contributed by atoms with E-state index >= 15 is 0 Å². The first kappa shape index (κ1) is 24.8. The monoisotopic (exact) mass is 401 g/mol. The van der Waals surface area contributed by atoms with Crippen LogP contribution in [0.25, 0.3) is 0 Å². The molecule has 8 heteroatoms. The van der Waals surface area contributed by atoms with Crippen LogP contribution >= 0.6 is 24.0 Å². The van der Waals surface area contributed by atoms with Crippen LogP contribution in [0.3, 0.4) is 0 Å². The highest BCUT2D eigenvalue weighted by atomic mass is 32.1. The van der Waals surface area contributed by atoms with Crippen molar-refractivity contribution in [2.45, 2.75) is 25.2 Å². The van der Waals surface area contributed by atoms with Crippen LogP contribution in [-0.4, -0.2) is 65.8 Å². The summed E-state index contributed by atoms with van der Waals surface area (Å²) in [5.74, 6) is 0. The first-order chi connectivity index (χ1) is 11.5. The van der Waals surface area contributed by atoms with Gasteiger partial charge in [-0.25, -0.2) is 4.98 Å². The highest BCUT2D eigenvalue weighted by Gasteiger charge is 2.18. The molecule has 1 aliphatic heterocycles. The van der Waals surface area contributed by atoms with Crippen LogP contribution in [0.4, 0.5) is 5.13 Å². The Bertz CT molecular complexity index is 606. The summed E-state index contributed by atoms with van der Waals surface area (Å²) < 4.78 is 0. The van der Waals surface area contributed by atoms with Crippen molar-refractivity contribution >= 4 is 29.1 Å². The molecular formula is C18H31N3O3S2. The minimum absolute atomic E-state index is 0. The third kappa shape index (κ3) is 7.61. The summed E-state index contributed by atoms with van der Waals surface area (Å²) in [6, 6.07) is 8.06. The predicted molar refractivity (Wildman–Crippen MR) is 113 cm³/mol. The molecule has 26 heavy (non-hydrogen) atoms. The van der Waals surface area contributed by atoms with Crippen LogP contribution in [-0.2, 0) is 6.42 Å². The number of hydrogen-bond donors (Lipinski definition) is 2. The van der Waals surface area contributed by atoms with Crippen LogP contribution in [0.15, 0.2) is 29.2 Å². The molecule has 1 aromatic carbocycles. The number of likely N-dealkylation sites (N-methyl/N-ethyl adjacent to an activating group) is 1. The van der Waals surface area contributed by atoms with E-state index in [4.69, 9.17) is 5.11 Å². The zero-order valence-corrected chi connectivity index (χ0v) is 17.4. The van der Waals surface area contributed by atoms with E-state index in [1.807, 2.05) is 24.3 Å². The van der Waals surface area contributed by atoms with E-state index < -0.39 is 0 Å². The van der Waals surface area contributed by atoms with E-state index in [0.29, 0.717) is 6.42 Å². The second kappa shape index (κ2) is 12.3. The van der Waals surface area contributed by atoms with Crippen molar-refractivity contribution in [2.24, 2.45) is 0 Å². The third-order valence-electron chi connectivity index (χ3n) is 4.04. The summed E-state index contributed by atoms with van der Waals surface area (Å²) in [4.78, 5) is 11.6. The molecule has 0 aliphatic carbocycles. The molecular weight excluding hydrogens is 370 g/mol. The van der Waals surface area contributed by atoms with Gasteiger partial charge in [0.2, 0.25) is 0 Å². The minimum Gasteiger partial charge on any atom is -0.412 e. The number of aliphatic hydroxyl groups excluding tert-OH is 1. The van der Waals surface area contributed by atoms with Crippen molar-refractivity contribution in [2.75, 3.05) is 44.7 Å². The van der Waals surface area contributed by atoms with Crippen molar-refractivity contribution < 1.29 is 16.1 Å². The molecule has 2 aromatic rings. The van der Waals surface area contributed by atoms with Gasteiger partial charge < -0.3 is 25.9 Å². The fourth-order valence-corrected chi connectivity index (χ4v) is 3.58. The number of aromatic nitrogens is 1. The van der Waals surface area contributed by atoms with Gasteiger partial charge in [-0.2, -0.15) is 0 Å². The van der Waals surface area contributed by atoms with Crippen molar-refractivity contribution in [3.63, 3.8) is 0 Å². The Hall–Kier alpha value is -1.16. The maximum atomic E-state index is 8.94. The molecule has 0 spiro atoms. The Balaban J connectivity index is 0.000000536. The molecule has 0 radical (unpaired) electrons. The van der Waals surface area contributed by atoms with E-state index in [-0.39, 0.29) is 17.6 Å². The Kier molecular flexibility index (Phi) is 11.7. The van der Waals surface area contributed by atoms with E-state index in [9.17, 15) is 0 Å². The lowest BCUT2D eigenvalue weighted by Gasteiger charge is -2.32. The van der Waals surface area contributed by atoms with Gasteiger partial charge in [0.1, 0.15) is 0 Å². The normalized spacial score (nSPS) is 14.0. The zero-order chi connectivity index (χ0) is 17.5. The van der Waals surface area contributed by atoms with Crippen LogP contribution in [0.5, 0.6) is 0 Å². The van der Waals surface area contributed by atoms with Gasteiger partial charge in [0.25, 0.3) is 0 Å². The van der Waals surface area contributed by atoms with E-state index in [1.54, 1.807) is 11.3 Å². The average Bonchev–Trinajstić information content (AvgIpc) is 2.93. The van der Waals surface area contributed by atoms with Crippen molar-refractivity contribution in [1.82, 2.24) is 9.88 Å². The van der Waals surface area contributed by atoms with Gasteiger partial charge >= 0.3 is 0 Å². The molecule has 148 valence electrons. The SMILES string of the molecule is Cc1ccc(S)cc1.Cc1sc(N2CCN(C)CC2)nc1CCO.O.O. The smallest absolute Gasteiger partial charge is 0.185 e. The summed E-state index contributed by atoms with van der Waals surface area (Å²) in [5, 5.41) is 10.1. The third-order valence-corrected chi connectivity index (χ3v) is 5.41. The van der Waals surface area contributed by atoms with Crippen LogP contribution < -0.4 is 4.90 Å². The summed E-state index contributed by atoms with van der Waals surface area (Å²) in [6.45, 7) is 8.66. The standard InChI is InChI=1S/C11H19N3OS.C7H8S.2H2O/c1-9-10(3-8-15)12-11(16-9)14-6-4-13(2)5-7-14;1-6-2-4-7(8)5-3-6;;/h15H,3-8H2,1-2H3;2-5,8H,1H3;2*1H2. The van der Waals surface area contributed by atoms with E-state index in [1.165, 1.54) is 10.4 Å². The summed E-state index contributed by atoms with van der Waals surface area (Å²) in [6.07, 6.45) is 0.677. The zero-order valence-electron chi connectivity index (χ0n) is 15.7. The lowest BCUT2D eigenvalue weighted by atomic mass is 10.2. The van der Waals surface area contributed by atoms with E-state index in [2.05, 4.69) is 48.3 Å². The van der Waals surface area contributed by atoms with Gasteiger partial charge in [-0.05, 0) is 33.0 Å². The van der Waals surface area contributed by atoms with Gasteiger partial charge in [-0.3, -0.25) is 0 Å². The lowest BCUT2D eigenvalue weighted by Crippen LogP contribution is -2.44. The number of nitrogens with zero attached hydrogens (tertiary/aromatic N) is 3. The molecule has 0 saturated carbocycles. The number of thiazole rings is 1. The number of benzene rings is 1. The molecule has 1 fully saturated rings. The number of piperazine rings is 1. The average molecular weight is 402 g/mol. The van der Waals surface area contributed by atoms with Crippen molar-refractivity contribution in [3.05, 3.63) is 40.4 Å². The summed E-state index contributed by atoms with van der Waals surface area (Å²) in [5.41, 5.74) is 2.34. The molecule has 0 atom stereocenters. The van der Waals surface area contributed by atoms with Gasteiger partial charge in [-0.15, -0.1) is 24.0 Å². The molecule has 1 aromatic heterocycles. The van der Waals surface area contributed by atoms with Crippen molar-refractivity contribution in [3.8, 4) is 0 Å². The highest BCUT2D eigenvalue weighted by molar-refractivity contribution is 7.80. The minimum atomic E-state index is 0. The highest BCUT2D eigenvalue weighted by Crippen LogP contribution is 2.26. The quantitative estimate of drug-likeness (QED) is 0.758. The molecule has 0 unspecified atom stereocenters. The number of aliphatic hydroxyl groups is 1. The Labute approximate surface area is 165 Å². The predicted octanol–water partition coefficient (Wildman–Crippen LogP) is 1.37. The Morgan fingerprint density at radius 3 is 2.15 bits per heavy atom. The van der Waals surface area contributed by atoms with Crippen molar-refractivity contribution in [1.29, 1.82) is 0 Å². The van der Waals surface area contributed by atoms with Gasteiger partial charge in [0.15, 0.2) is 5.13 Å². The van der Waals surface area contributed by atoms with Crippen LogP contribution in [0, 0.1) is 13.8 Å². The molecule has 0 amide bonds. The molecule has 0 bridgehead atoms. The number of rotatable bonds is 3. The number of anilines is 1. The Morgan fingerprint density at radius 2 is 1.65 bits per heavy atom. The first-order valence-electron chi connectivity index (χ1n) is 8.26. The van der Waals surface area contributed by atoms with Gasteiger partial charge in [0, 0.05) is 49.0 Å². The number of aryl methyl sites for hydroxylation is 2. The van der Waals surface area contributed by atoms with Crippen LogP contribution in [0.1, 0.15) is 16.1 Å². The summed E-state index contributed by atoms with van der Waals surface area (Å²) in [7, 11) is 2.15. The topological polar surface area (TPSA) is 103 Å². The maximum Gasteiger partial charge on any atom is 0.185 e. The molecule has 3 rings (SSSR count). The number of hydrogen-bond acceptors (Lipinski definition) is 6. The van der Waals surface area contributed by atoms with Crippen LogP contribution in [0.2, 0.25) is 0 Å². The fourth-order valence-electron chi connectivity index (χ4n) is 2.43. The Morgan fingerprint density at radius 1 is 1.08 bits per heavy atom. The van der Waals surface area contributed by atoms with Gasteiger partial charge in [0.05, 0.1) is 5.69 Å². The van der Waals surface area contributed by atoms with E-state index in [0.717, 1.165) is 41.9 Å². The maximum absolute atomic E-state index is 8.94. The summed E-state index contributed by atoms with van der Waals surface area (Å²) >= 11 is 5.88. The number of thiol groups is 1. The molecule has 1 saturated heterocycles. The second-order valence-electron chi connectivity index (χ2n) is 6.10. The molecule has 6 nitrogen and oxygen atoms in total. The lowest BCUT2D eigenvalue weighted by molar-refractivity contribution is 0.298. The fraction of sp³-hybridized carbons (Fsp3) is 0.500. The second-order valence-corrected chi connectivity index (χ2v) is 7.80. The largest absolute Gasteiger partial charge is 0.412 e. The molecule has 5 N–H and O–H groups in total. The first-order valence-corrected chi connectivity index (χ1v) is 9.52. The van der Waals surface area contributed by atoms with Gasteiger partial charge in [-0.1, -0.05) is 17.7 Å². The molecule has 1 aliphatic rings. The molecule has 2 heterocycles.